The topological polar surface area (TPSA) is 88.6 Å². The molecule has 0 atom stereocenters. The first-order valence-electron chi connectivity index (χ1n) is 7.92. The van der Waals surface area contributed by atoms with Crippen molar-refractivity contribution in [2.24, 2.45) is 0 Å². The minimum Gasteiger partial charge on any atom is -0.495 e. The molecule has 132 valence electrons. The van der Waals surface area contributed by atoms with Crippen LogP contribution in [0, 0.1) is 0 Å². The number of nitrogens with one attached hydrogen (secondary N) is 1. The Morgan fingerprint density at radius 2 is 1.84 bits per heavy atom. The molecule has 0 aliphatic carbocycles. The largest absolute Gasteiger partial charge is 0.495 e. The fourth-order valence-electron chi connectivity index (χ4n) is 2.72. The second-order valence-corrected chi connectivity index (χ2v) is 7.60. The maximum atomic E-state index is 12.7. The van der Waals surface area contributed by atoms with Gasteiger partial charge < -0.3 is 10.1 Å². The number of aromatic nitrogens is 1. The molecule has 0 spiro atoms. The van der Waals surface area contributed by atoms with Gasteiger partial charge in [0.15, 0.2) is 0 Å². The van der Waals surface area contributed by atoms with Gasteiger partial charge in [-0.3, -0.25) is 9.78 Å². The second kappa shape index (κ2) is 7.20. The van der Waals surface area contributed by atoms with E-state index in [-0.39, 0.29) is 10.8 Å². The van der Waals surface area contributed by atoms with Crippen LogP contribution in [0.1, 0.15) is 23.2 Å². The van der Waals surface area contributed by atoms with E-state index in [1.165, 1.54) is 35.9 Å². The Balaban J connectivity index is 1.91. The lowest BCUT2D eigenvalue weighted by molar-refractivity contribution is 0.102. The zero-order valence-corrected chi connectivity index (χ0v) is 14.6. The van der Waals surface area contributed by atoms with Crippen LogP contribution in [0.25, 0.3) is 0 Å². The van der Waals surface area contributed by atoms with Gasteiger partial charge in [0.1, 0.15) is 5.75 Å². The average molecular weight is 361 g/mol. The number of hydrogen-bond acceptors (Lipinski definition) is 5. The SMILES string of the molecule is COc1ccc(S(=O)(=O)N2CCCC2)cc1NC(=O)c1ccncc1. The molecule has 3 rings (SSSR count). The summed E-state index contributed by atoms with van der Waals surface area (Å²) in [5.41, 5.74) is 0.731. The summed E-state index contributed by atoms with van der Waals surface area (Å²) in [4.78, 5) is 16.4. The Hall–Kier alpha value is -2.45. The molecule has 0 bridgehead atoms. The molecule has 1 aliphatic rings. The number of carbonyl (C=O) groups excluding carboxylic acids is 1. The highest BCUT2D eigenvalue weighted by atomic mass is 32.2. The second-order valence-electron chi connectivity index (χ2n) is 5.66. The van der Waals surface area contributed by atoms with Crippen molar-refractivity contribution < 1.29 is 17.9 Å². The van der Waals surface area contributed by atoms with Crippen molar-refractivity contribution in [3.8, 4) is 5.75 Å². The number of sulfonamides is 1. The summed E-state index contributed by atoms with van der Waals surface area (Å²) in [6.45, 7) is 1.04. The molecular formula is C17H19N3O4S. The maximum Gasteiger partial charge on any atom is 0.255 e. The first-order chi connectivity index (χ1) is 12.0. The summed E-state index contributed by atoms with van der Waals surface area (Å²) in [6, 6.07) is 7.63. The van der Waals surface area contributed by atoms with Gasteiger partial charge in [0.2, 0.25) is 10.0 Å². The predicted molar refractivity (Wildman–Crippen MR) is 93.2 cm³/mol. The van der Waals surface area contributed by atoms with Crippen molar-refractivity contribution in [3.05, 3.63) is 48.3 Å². The van der Waals surface area contributed by atoms with Gasteiger partial charge in [-0.15, -0.1) is 0 Å². The molecule has 1 aromatic carbocycles. The number of pyridine rings is 1. The molecule has 0 unspecified atom stereocenters. The number of ether oxygens (including phenoxy) is 1. The number of hydrogen-bond donors (Lipinski definition) is 1. The zero-order chi connectivity index (χ0) is 17.9. The van der Waals surface area contributed by atoms with Gasteiger partial charge in [-0.1, -0.05) is 0 Å². The lowest BCUT2D eigenvalue weighted by Crippen LogP contribution is -2.28. The Morgan fingerprint density at radius 1 is 1.16 bits per heavy atom. The summed E-state index contributed by atoms with van der Waals surface area (Å²) in [6.07, 6.45) is 4.75. The van der Waals surface area contributed by atoms with Crippen LogP contribution in [0.3, 0.4) is 0 Å². The van der Waals surface area contributed by atoms with Gasteiger partial charge in [-0.25, -0.2) is 8.42 Å². The van der Waals surface area contributed by atoms with Crippen molar-refractivity contribution in [2.75, 3.05) is 25.5 Å². The van der Waals surface area contributed by atoms with Gasteiger partial charge in [0.25, 0.3) is 5.91 Å². The fraction of sp³-hybridized carbons (Fsp3) is 0.294. The van der Waals surface area contributed by atoms with Crippen LogP contribution < -0.4 is 10.1 Å². The quantitative estimate of drug-likeness (QED) is 0.881. The van der Waals surface area contributed by atoms with Crippen molar-refractivity contribution in [3.63, 3.8) is 0 Å². The first kappa shape index (κ1) is 17.4. The highest BCUT2D eigenvalue weighted by Gasteiger charge is 2.28. The molecule has 0 saturated carbocycles. The molecule has 1 aliphatic heterocycles. The van der Waals surface area contributed by atoms with Gasteiger partial charge in [0.05, 0.1) is 17.7 Å². The smallest absolute Gasteiger partial charge is 0.255 e. The third kappa shape index (κ3) is 3.64. The van der Waals surface area contributed by atoms with E-state index in [9.17, 15) is 13.2 Å². The molecule has 1 fully saturated rings. The van der Waals surface area contributed by atoms with Gasteiger partial charge in [0, 0.05) is 31.0 Å². The summed E-state index contributed by atoms with van der Waals surface area (Å²) in [7, 11) is -2.11. The molecular weight excluding hydrogens is 342 g/mol. The van der Waals surface area contributed by atoms with E-state index in [1.807, 2.05) is 0 Å². The first-order valence-corrected chi connectivity index (χ1v) is 9.36. The maximum absolute atomic E-state index is 12.7. The van der Waals surface area contributed by atoms with Crippen LogP contribution in [-0.4, -0.2) is 43.8 Å². The number of rotatable bonds is 5. The molecule has 7 nitrogen and oxygen atoms in total. The standard InChI is InChI=1S/C17H19N3O4S/c1-24-16-5-4-14(25(22,23)20-10-2-3-11-20)12-15(16)19-17(21)13-6-8-18-9-7-13/h4-9,12H,2-3,10-11H2,1H3,(H,19,21). The van der Waals surface area contributed by atoms with Crippen LogP contribution in [0.15, 0.2) is 47.6 Å². The molecule has 0 radical (unpaired) electrons. The summed E-state index contributed by atoms with van der Waals surface area (Å²) in [5, 5.41) is 2.71. The number of anilines is 1. The average Bonchev–Trinajstić information content (AvgIpc) is 3.18. The van der Waals surface area contributed by atoms with Crippen molar-refractivity contribution in [1.82, 2.24) is 9.29 Å². The fourth-order valence-corrected chi connectivity index (χ4v) is 4.26. The van der Waals surface area contributed by atoms with E-state index < -0.39 is 10.0 Å². The Kier molecular flexibility index (Phi) is 5.00. The number of amides is 1. The van der Waals surface area contributed by atoms with Gasteiger partial charge in [-0.05, 0) is 43.2 Å². The number of methoxy groups -OCH3 is 1. The third-order valence-electron chi connectivity index (χ3n) is 4.06. The van der Waals surface area contributed by atoms with E-state index in [1.54, 1.807) is 18.2 Å². The molecule has 2 aromatic rings. The van der Waals surface area contributed by atoms with Crippen molar-refractivity contribution in [1.29, 1.82) is 0 Å². The third-order valence-corrected chi connectivity index (χ3v) is 5.96. The summed E-state index contributed by atoms with van der Waals surface area (Å²) in [5.74, 6) is 0.0270. The van der Waals surface area contributed by atoms with Gasteiger partial charge in [-0.2, -0.15) is 4.31 Å². The van der Waals surface area contributed by atoms with E-state index in [0.29, 0.717) is 30.1 Å². The summed E-state index contributed by atoms with van der Waals surface area (Å²) < 4.78 is 32.1. The van der Waals surface area contributed by atoms with Crippen molar-refractivity contribution in [2.45, 2.75) is 17.7 Å². The van der Waals surface area contributed by atoms with E-state index in [0.717, 1.165) is 12.8 Å². The van der Waals surface area contributed by atoms with E-state index in [4.69, 9.17) is 4.74 Å². The zero-order valence-electron chi connectivity index (χ0n) is 13.8. The lowest BCUT2D eigenvalue weighted by atomic mass is 10.2. The van der Waals surface area contributed by atoms with Crippen LogP contribution >= 0.6 is 0 Å². The molecule has 1 amide bonds. The number of nitrogens with zero attached hydrogens (tertiary/aromatic N) is 2. The number of carbonyl (C=O) groups is 1. The normalized spacial score (nSPS) is 15.1. The van der Waals surface area contributed by atoms with Crippen LogP contribution in [0.4, 0.5) is 5.69 Å². The Morgan fingerprint density at radius 3 is 2.48 bits per heavy atom. The van der Waals surface area contributed by atoms with E-state index >= 15 is 0 Å². The summed E-state index contributed by atoms with van der Waals surface area (Å²) >= 11 is 0. The monoisotopic (exact) mass is 361 g/mol. The van der Waals surface area contributed by atoms with Crippen LogP contribution in [0.5, 0.6) is 5.75 Å². The van der Waals surface area contributed by atoms with E-state index in [2.05, 4.69) is 10.3 Å². The molecule has 1 aromatic heterocycles. The molecule has 1 N–H and O–H groups in total. The highest BCUT2D eigenvalue weighted by Crippen LogP contribution is 2.30. The van der Waals surface area contributed by atoms with Crippen molar-refractivity contribution >= 4 is 21.6 Å². The van der Waals surface area contributed by atoms with Crippen LogP contribution in [-0.2, 0) is 10.0 Å². The lowest BCUT2D eigenvalue weighted by Gasteiger charge is -2.17. The predicted octanol–water partition coefficient (Wildman–Crippen LogP) is 2.13. The molecule has 25 heavy (non-hydrogen) atoms. The molecule has 8 heteroatoms. The number of benzene rings is 1. The molecule has 1 saturated heterocycles. The van der Waals surface area contributed by atoms with Crippen LogP contribution in [0.2, 0.25) is 0 Å². The minimum atomic E-state index is -3.57. The Bertz CT molecular complexity index is 863. The highest BCUT2D eigenvalue weighted by molar-refractivity contribution is 7.89. The minimum absolute atomic E-state index is 0.139. The Labute approximate surface area is 146 Å². The van der Waals surface area contributed by atoms with Gasteiger partial charge >= 0.3 is 0 Å². The molecule has 2 heterocycles.